The van der Waals surface area contributed by atoms with Crippen LogP contribution in [-0.4, -0.2) is 18.5 Å². The third-order valence-corrected chi connectivity index (χ3v) is 6.31. The number of carbonyl (C=O) groups is 2. The van der Waals surface area contributed by atoms with Crippen LogP contribution in [0.5, 0.6) is 11.5 Å². The van der Waals surface area contributed by atoms with Crippen LogP contribution in [0.4, 0.5) is 5.69 Å². The zero-order valence-corrected chi connectivity index (χ0v) is 16.0. The van der Waals surface area contributed by atoms with Crippen LogP contribution in [0.3, 0.4) is 0 Å². The molecule has 1 N–H and O–H groups in total. The van der Waals surface area contributed by atoms with Gasteiger partial charge in [-0.15, -0.1) is 11.3 Å². The van der Waals surface area contributed by atoms with Gasteiger partial charge in [0.05, 0.1) is 10.6 Å². The summed E-state index contributed by atoms with van der Waals surface area (Å²) in [5.74, 6) is 0.678. The average molecular weight is 391 g/mol. The van der Waals surface area contributed by atoms with Crippen molar-refractivity contribution in [1.29, 1.82) is 0 Å². The molecule has 0 radical (unpaired) electrons. The summed E-state index contributed by atoms with van der Waals surface area (Å²) >= 11 is 1.49. The molecule has 0 fully saturated rings. The summed E-state index contributed by atoms with van der Waals surface area (Å²) in [4.78, 5) is 26.8. The molecule has 0 bridgehead atoms. The summed E-state index contributed by atoms with van der Waals surface area (Å²) in [7, 11) is 0. The van der Waals surface area contributed by atoms with Crippen molar-refractivity contribution in [2.75, 3.05) is 12.1 Å². The summed E-state index contributed by atoms with van der Waals surface area (Å²) in [5, 5.41) is 2.89. The van der Waals surface area contributed by atoms with E-state index in [2.05, 4.69) is 17.4 Å². The lowest BCUT2D eigenvalue weighted by molar-refractivity contribution is 0.101. The van der Waals surface area contributed by atoms with Gasteiger partial charge in [-0.1, -0.05) is 24.3 Å². The topological polar surface area (TPSA) is 64.6 Å². The van der Waals surface area contributed by atoms with Crippen molar-refractivity contribution in [2.45, 2.75) is 19.8 Å². The number of ketones is 1. The van der Waals surface area contributed by atoms with Crippen molar-refractivity contribution in [3.8, 4) is 21.9 Å². The normalized spacial score (nSPS) is 13.6. The smallest absolute Gasteiger partial charge is 0.265 e. The molecule has 1 aliphatic carbocycles. The highest BCUT2D eigenvalue weighted by atomic mass is 32.1. The minimum atomic E-state index is -0.224. The molecule has 0 unspecified atom stereocenters. The third kappa shape index (κ3) is 2.77. The number of amides is 1. The maximum atomic E-state index is 12.9. The molecule has 0 saturated heterocycles. The summed E-state index contributed by atoms with van der Waals surface area (Å²) < 4.78 is 10.7. The predicted octanol–water partition coefficient (Wildman–Crippen LogP) is 4.70. The van der Waals surface area contributed by atoms with Crippen LogP contribution in [0.2, 0.25) is 0 Å². The quantitative estimate of drug-likeness (QED) is 0.658. The van der Waals surface area contributed by atoms with Gasteiger partial charge in [0.25, 0.3) is 5.91 Å². The number of benzene rings is 2. The van der Waals surface area contributed by atoms with Gasteiger partial charge in [0, 0.05) is 16.5 Å². The van der Waals surface area contributed by atoms with Crippen molar-refractivity contribution in [2.24, 2.45) is 0 Å². The van der Waals surface area contributed by atoms with Crippen LogP contribution in [-0.2, 0) is 12.8 Å². The zero-order valence-electron chi connectivity index (χ0n) is 15.2. The molecule has 2 aromatic carbocycles. The molecule has 1 aliphatic heterocycles. The Labute approximate surface area is 165 Å². The van der Waals surface area contributed by atoms with Crippen LogP contribution in [0.25, 0.3) is 10.4 Å². The van der Waals surface area contributed by atoms with Crippen LogP contribution in [0.1, 0.15) is 38.1 Å². The molecule has 1 aromatic heterocycles. The molecule has 0 spiro atoms. The van der Waals surface area contributed by atoms with E-state index in [0.717, 1.165) is 17.7 Å². The number of hydrogen-bond donors (Lipinski definition) is 1. The molecule has 3 aromatic rings. The van der Waals surface area contributed by atoms with Crippen molar-refractivity contribution in [3.63, 3.8) is 0 Å². The van der Waals surface area contributed by atoms with Gasteiger partial charge in [0.15, 0.2) is 17.3 Å². The Morgan fingerprint density at radius 3 is 2.57 bits per heavy atom. The number of ether oxygens (including phenoxy) is 2. The molecule has 0 saturated carbocycles. The number of carbonyl (C=O) groups excluding carboxylic acids is 2. The van der Waals surface area contributed by atoms with E-state index in [1.165, 1.54) is 35.0 Å². The zero-order chi connectivity index (χ0) is 19.3. The SMILES string of the molecule is CC(=O)c1cc2c(cc1NC(=O)c1cc3c(s1)-c1ccccc1CC3)OCO2. The number of rotatable bonds is 3. The predicted molar refractivity (Wildman–Crippen MR) is 108 cm³/mol. The first-order chi connectivity index (χ1) is 13.6. The van der Waals surface area contributed by atoms with E-state index in [9.17, 15) is 9.59 Å². The number of fused-ring (bicyclic) bond motifs is 4. The van der Waals surface area contributed by atoms with Gasteiger partial charge >= 0.3 is 0 Å². The van der Waals surface area contributed by atoms with Crippen LogP contribution >= 0.6 is 11.3 Å². The Kier molecular flexibility index (Phi) is 3.94. The van der Waals surface area contributed by atoms with E-state index in [0.29, 0.717) is 27.6 Å². The third-order valence-electron chi connectivity index (χ3n) is 5.10. The Morgan fingerprint density at radius 2 is 1.75 bits per heavy atom. The fourth-order valence-corrected chi connectivity index (χ4v) is 4.87. The molecule has 2 heterocycles. The van der Waals surface area contributed by atoms with Gasteiger partial charge in [-0.2, -0.15) is 0 Å². The second kappa shape index (κ2) is 6.49. The van der Waals surface area contributed by atoms with Crippen molar-refractivity contribution < 1.29 is 19.1 Å². The molecular weight excluding hydrogens is 374 g/mol. The number of anilines is 1. The van der Waals surface area contributed by atoms with Gasteiger partial charge in [0.2, 0.25) is 6.79 Å². The fraction of sp³-hybridized carbons (Fsp3) is 0.182. The van der Waals surface area contributed by atoms with E-state index >= 15 is 0 Å². The van der Waals surface area contributed by atoms with Crippen molar-refractivity contribution in [3.05, 3.63) is 64.0 Å². The Hall–Kier alpha value is -3.12. The number of hydrogen-bond acceptors (Lipinski definition) is 5. The van der Waals surface area contributed by atoms with Crippen LogP contribution in [0.15, 0.2) is 42.5 Å². The maximum absolute atomic E-state index is 12.9. The highest BCUT2D eigenvalue weighted by molar-refractivity contribution is 7.17. The van der Waals surface area contributed by atoms with Crippen LogP contribution in [0, 0.1) is 0 Å². The standard InChI is InChI=1S/C22H17NO4S/c1-12(24)16-9-18-19(27-11-26-18)10-17(16)23-22(25)20-8-14-7-6-13-4-2-3-5-15(13)21(14)28-20/h2-5,8-10H,6-7,11H2,1H3,(H,23,25). The molecule has 2 aliphatic rings. The Bertz CT molecular complexity index is 1130. The lowest BCUT2D eigenvalue weighted by atomic mass is 9.91. The molecule has 5 rings (SSSR count). The summed E-state index contributed by atoms with van der Waals surface area (Å²) in [6.45, 7) is 1.58. The Morgan fingerprint density at radius 1 is 1.00 bits per heavy atom. The second-order valence-electron chi connectivity index (χ2n) is 6.88. The summed E-state index contributed by atoms with van der Waals surface area (Å²) in [5.41, 5.74) is 4.57. The Balaban J connectivity index is 1.48. The highest BCUT2D eigenvalue weighted by Gasteiger charge is 2.24. The number of Topliss-reactive ketones (excluding diaryl/α,β-unsaturated/α-hetero) is 1. The van der Waals surface area contributed by atoms with Gasteiger partial charge in [-0.25, -0.2) is 0 Å². The van der Waals surface area contributed by atoms with E-state index in [1.54, 1.807) is 12.1 Å². The lowest BCUT2D eigenvalue weighted by Crippen LogP contribution is -2.13. The fourth-order valence-electron chi connectivity index (χ4n) is 3.70. The van der Waals surface area contributed by atoms with Gasteiger partial charge in [-0.3, -0.25) is 9.59 Å². The molecule has 5 nitrogen and oxygen atoms in total. The minimum absolute atomic E-state index is 0.112. The molecule has 1 amide bonds. The van der Waals surface area contributed by atoms with E-state index in [4.69, 9.17) is 9.47 Å². The van der Waals surface area contributed by atoms with Crippen molar-refractivity contribution >= 4 is 28.7 Å². The molecule has 0 atom stereocenters. The first kappa shape index (κ1) is 17.0. The van der Waals surface area contributed by atoms with Gasteiger partial charge in [0.1, 0.15) is 0 Å². The summed E-state index contributed by atoms with van der Waals surface area (Å²) in [6, 6.07) is 13.6. The van der Waals surface area contributed by atoms with Crippen LogP contribution < -0.4 is 14.8 Å². The first-order valence-electron chi connectivity index (χ1n) is 9.07. The lowest BCUT2D eigenvalue weighted by Gasteiger charge is -2.15. The molecule has 140 valence electrons. The second-order valence-corrected chi connectivity index (χ2v) is 7.94. The average Bonchev–Trinajstić information content (AvgIpc) is 3.33. The largest absolute Gasteiger partial charge is 0.454 e. The number of aryl methyl sites for hydroxylation is 2. The van der Waals surface area contributed by atoms with E-state index < -0.39 is 0 Å². The van der Waals surface area contributed by atoms with E-state index in [-0.39, 0.29) is 18.5 Å². The maximum Gasteiger partial charge on any atom is 0.265 e. The first-order valence-corrected chi connectivity index (χ1v) is 9.89. The highest BCUT2D eigenvalue weighted by Crippen LogP contribution is 2.41. The molecule has 28 heavy (non-hydrogen) atoms. The summed E-state index contributed by atoms with van der Waals surface area (Å²) in [6.07, 6.45) is 1.91. The minimum Gasteiger partial charge on any atom is -0.454 e. The molecular formula is C22H17NO4S. The van der Waals surface area contributed by atoms with E-state index in [1.807, 2.05) is 18.2 Å². The van der Waals surface area contributed by atoms with Crippen molar-refractivity contribution in [1.82, 2.24) is 0 Å². The monoisotopic (exact) mass is 391 g/mol. The molecule has 6 heteroatoms. The number of thiophene rings is 1. The van der Waals surface area contributed by atoms with Gasteiger partial charge in [-0.05, 0) is 48.6 Å². The number of nitrogens with one attached hydrogen (secondary N) is 1. The van der Waals surface area contributed by atoms with Gasteiger partial charge < -0.3 is 14.8 Å².